The van der Waals surface area contributed by atoms with E-state index >= 15 is 0 Å². The van der Waals surface area contributed by atoms with Crippen molar-refractivity contribution < 1.29 is 9.21 Å². The van der Waals surface area contributed by atoms with E-state index in [4.69, 9.17) is 10.2 Å². The van der Waals surface area contributed by atoms with Gasteiger partial charge in [-0.05, 0) is 32.0 Å². The summed E-state index contributed by atoms with van der Waals surface area (Å²) in [6.07, 6.45) is 0.707. The van der Waals surface area contributed by atoms with E-state index in [0.29, 0.717) is 18.7 Å². The molecule has 2 N–H and O–H groups in total. The van der Waals surface area contributed by atoms with Gasteiger partial charge in [0, 0.05) is 5.92 Å². The molecule has 0 spiro atoms. The minimum atomic E-state index is -0.0458. The quantitative estimate of drug-likeness (QED) is 0.720. The van der Waals surface area contributed by atoms with Crippen LogP contribution >= 0.6 is 0 Å². The largest absolute Gasteiger partial charge is 0.458 e. The molecule has 0 saturated heterocycles. The Balaban J connectivity index is 2.67. The lowest BCUT2D eigenvalue weighted by Gasteiger charge is -2.05. The summed E-state index contributed by atoms with van der Waals surface area (Å²) in [5, 5.41) is 0. The van der Waals surface area contributed by atoms with Gasteiger partial charge >= 0.3 is 0 Å². The fourth-order valence-corrected chi connectivity index (χ4v) is 1.19. The molecular weight excluding hydrogens is 166 g/mol. The number of aryl methyl sites for hydroxylation is 1. The number of hydrogen-bond acceptors (Lipinski definition) is 3. The molecule has 1 rings (SSSR count). The molecule has 0 bridgehead atoms. The van der Waals surface area contributed by atoms with Crippen LogP contribution in [0.4, 0.5) is 0 Å². The van der Waals surface area contributed by atoms with E-state index in [2.05, 4.69) is 0 Å². The monoisotopic (exact) mass is 181 g/mol. The zero-order valence-corrected chi connectivity index (χ0v) is 8.04. The van der Waals surface area contributed by atoms with Crippen molar-refractivity contribution in [3.63, 3.8) is 0 Å². The van der Waals surface area contributed by atoms with Crippen LogP contribution in [0.1, 0.15) is 29.7 Å². The van der Waals surface area contributed by atoms with Gasteiger partial charge in [-0.2, -0.15) is 0 Å². The van der Waals surface area contributed by atoms with E-state index in [9.17, 15) is 4.79 Å². The Hall–Kier alpha value is -1.09. The van der Waals surface area contributed by atoms with Crippen molar-refractivity contribution in [3.8, 4) is 0 Å². The average molecular weight is 181 g/mol. The van der Waals surface area contributed by atoms with Crippen LogP contribution in [0.2, 0.25) is 0 Å². The van der Waals surface area contributed by atoms with Gasteiger partial charge in [-0.3, -0.25) is 4.79 Å². The topological polar surface area (TPSA) is 56.2 Å². The predicted molar refractivity (Wildman–Crippen MR) is 50.6 cm³/mol. The summed E-state index contributed by atoms with van der Waals surface area (Å²) in [5.74, 6) is 1.20. The van der Waals surface area contributed by atoms with E-state index in [0.717, 1.165) is 5.76 Å². The van der Waals surface area contributed by atoms with Gasteiger partial charge in [0.05, 0.1) is 0 Å². The molecule has 0 saturated carbocycles. The number of rotatable bonds is 4. The molecule has 0 aromatic carbocycles. The number of carbonyl (C=O) groups excluding carboxylic acids is 1. The lowest BCUT2D eigenvalue weighted by atomic mass is 10.0. The lowest BCUT2D eigenvalue weighted by Crippen LogP contribution is -2.15. The summed E-state index contributed by atoms with van der Waals surface area (Å²) in [6, 6.07) is 3.51. The van der Waals surface area contributed by atoms with Crippen LogP contribution in [-0.2, 0) is 0 Å². The van der Waals surface area contributed by atoms with Crippen molar-refractivity contribution in [2.45, 2.75) is 20.3 Å². The highest BCUT2D eigenvalue weighted by atomic mass is 16.3. The molecule has 0 aliphatic carbocycles. The van der Waals surface area contributed by atoms with E-state index in [1.54, 1.807) is 12.1 Å². The van der Waals surface area contributed by atoms with E-state index in [-0.39, 0.29) is 11.7 Å². The third-order valence-electron chi connectivity index (χ3n) is 2.03. The van der Waals surface area contributed by atoms with Crippen molar-refractivity contribution in [1.29, 1.82) is 0 Å². The number of hydrogen-bond donors (Lipinski definition) is 1. The first kappa shape index (κ1) is 9.99. The maximum absolute atomic E-state index is 11.6. The van der Waals surface area contributed by atoms with Gasteiger partial charge < -0.3 is 10.2 Å². The Bertz CT molecular complexity index is 291. The molecule has 1 aromatic rings. The van der Waals surface area contributed by atoms with Crippen LogP contribution in [0.5, 0.6) is 0 Å². The number of Topliss-reactive ketones (excluding diaryl/α,β-unsaturated/α-hetero) is 1. The van der Waals surface area contributed by atoms with Gasteiger partial charge in [0.25, 0.3) is 0 Å². The highest BCUT2D eigenvalue weighted by Gasteiger charge is 2.17. The molecule has 3 heteroatoms. The Morgan fingerprint density at radius 2 is 2.31 bits per heavy atom. The lowest BCUT2D eigenvalue weighted by molar-refractivity contribution is 0.0896. The normalized spacial score (nSPS) is 12.8. The predicted octanol–water partition coefficient (Wildman–Crippen LogP) is 1.76. The minimum absolute atomic E-state index is 0.0403. The second-order valence-corrected chi connectivity index (χ2v) is 3.25. The zero-order valence-electron chi connectivity index (χ0n) is 8.04. The van der Waals surface area contributed by atoms with Crippen molar-refractivity contribution >= 4 is 5.78 Å². The smallest absolute Gasteiger partial charge is 0.200 e. The molecule has 72 valence electrons. The summed E-state index contributed by atoms with van der Waals surface area (Å²) in [7, 11) is 0. The molecule has 0 aliphatic heterocycles. The molecule has 3 nitrogen and oxygen atoms in total. The van der Waals surface area contributed by atoms with Crippen molar-refractivity contribution in [2.75, 3.05) is 6.54 Å². The average Bonchev–Trinajstić information content (AvgIpc) is 2.51. The molecule has 0 aliphatic rings. The Labute approximate surface area is 77.9 Å². The Kier molecular flexibility index (Phi) is 3.25. The van der Waals surface area contributed by atoms with Gasteiger partial charge in [0.15, 0.2) is 5.76 Å². The summed E-state index contributed by atoms with van der Waals surface area (Å²) < 4.78 is 5.22. The standard InChI is InChI=1S/C10H15NO2/c1-7(5-6-11)10(12)9-4-3-8(2)13-9/h3-4,7H,5-6,11H2,1-2H3. The summed E-state index contributed by atoms with van der Waals surface area (Å²) in [6.45, 7) is 4.23. The van der Waals surface area contributed by atoms with E-state index < -0.39 is 0 Å². The zero-order chi connectivity index (χ0) is 9.84. The second-order valence-electron chi connectivity index (χ2n) is 3.25. The molecule has 13 heavy (non-hydrogen) atoms. The van der Waals surface area contributed by atoms with Crippen LogP contribution in [0.3, 0.4) is 0 Å². The van der Waals surface area contributed by atoms with Crippen LogP contribution < -0.4 is 5.73 Å². The van der Waals surface area contributed by atoms with Gasteiger partial charge in [-0.15, -0.1) is 0 Å². The van der Waals surface area contributed by atoms with Gasteiger partial charge in [-0.25, -0.2) is 0 Å². The maximum Gasteiger partial charge on any atom is 0.200 e. The third kappa shape index (κ3) is 2.42. The van der Waals surface area contributed by atoms with Crippen LogP contribution in [0.15, 0.2) is 16.5 Å². The molecular formula is C10H15NO2. The van der Waals surface area contributed by atoms with Crippen molar-refractivity contribution in [3.05, 3.63) is 23.7 Å². The highest BCUT2D eigenvalue weighted by molar-refractivity contribution is 5.95. The number of nitrogens with two attached hydrogens (primary N) is 1. The second kappa shape index (κ2) is 4.23. The van der Waals surface area contributed by atoms with Crippen molar-refractivity contribution in [1.82, 2.24) is 0 Å². The molecule has 0 fully saturated rings. The van der Waals surface area contributed by atoms with Gasteiger partial charge in [-0.1, -0.05) is 6.92 Å². The van der Waals surface area contributed by atoms with Crippen LogP contribution in [0.25, 0.3) is 0 Å². The molecule has 1 aromatic heterocycles. The van der Waals surface area contributed by atoms with Gasteiger partial charge in [0.2, 0.25) is 5.78 Å². The number of ketones is 1. The Morgan fingerprint density at radius 3 is 2.77 bits per heavy atom. The maximum atomic E-state index is 11.6. The fourth-order valence-electron chi connectivity index (χ4n) is 1.19. The number of furan rings is 1. The third-order valence-corrected chi connectivity index (χ3v) is 2.03. The highest BCUT2D eigenvalue weighted by Crippen LogP contribution is 2.14. The molecule has 1 unspecified atom stereocenters. The summed E-state index contributed by atoms with van der Waals surface area (Å²) >= 11 is 0. The van der Waals surface area contributed by atoms with Crippen molar-refractivity contribution in [2.24, 2.45) is 11.7 Å². The van der Waals surface area contributed by atoms with E-state index in [1.807, 2.05) is 13.8 Å². The minimum Gasteiger partial charge on any atom is -0.458 e. The van der Waals surface area contributed by atoms with Crippen LogP contribution in [-0.4, -0.2) is 12.3 Å². The molecule has 1 atom stereocenters. The molecule has 0 radical (unpaired) electrons. The Morgan fingerprint density at radius 1 is 1.62 bits per heavy atom. The summed E-state index contributed by atoms with van der Waals surface area (Å²) in [4.78, 5) is 11.6. The molecule has 0 amide bonds. The first-order chi connectivity index (χ1) is 6.15. The molecule has 1 heterocycles. The van der Waals surface area contributed by atoms with E-state index in [1.165, 1.54) is 0 Å². The fraction of sp³-hybridized carbons (Fsp3) is 0.500. The summed E-state index contributed by atoms with van der Waals surface area (Å²) in [5.41, 5.74) is 5.37. The SMILES string of the molecule is Cc1ccc(C(=O)C(C)CCN)o1. The van der Waals surface area contributed by atoms with Crippen LogP contribution in [0, 0.1) is 12.8 Å². The number of carbonyl (C=O) groups is 1. The first-order valence-electron chi connectivity index (χ1n) is 4.46. The first-order valence-corrected chi connectivity index (χ1v) is 4.46. The van der Waals surface area contributed by atoms with Gasteiger partial charge in [0.1, 0.15) is 5.76 Å².